The van der Waals surface area contributed by atoms with E-state index in [2.05, 4.69) is 5.32 Å². The van der Waals surface area contributed by atoms with Crippen LogP contribution in [0.3, 0.4) is 0 Å². The largest absolute Gasteiger partial charge is 0.466 e. The van der Waals surface area contributed by atoms with E-state index in [1.165, 1.54) is 12.1 Å². The van der Waals surface area contributed by atoms with Gasteiger partial charge in [0, 0.05) is 25.7 Å². The van der Waals surface area contributed by atoms with Crippen LogP contribution >= 0.6 is 0 Å². The van der Waals surface area contributed by atoms with Gasteiger partial charge in [-0.05, 0) is 44.7 Å². The molecule has 0 aliphatic carbocycles. The van der Waals surface area contributed by atoms with Gasteiger partial charge in [0.05, 0.1) is 12.0 Å². The number of nitrogens with zero attached hydrogens (tertiary/aromatic N) is 1. The summed E-state index contributed by atoms with van der Waals surface area (Å²) in [5, 5.41) is 2.72. The van der Waals surface area contributed by atoms with Crippen molar-refractivity contribution in [1.82, 2.24) is 10.2 Å². The molecular weight excluding hydrogens is 330 g/mol. The van der Waals surface area contributed by atoms with E-state index in [1.54, 1.807) is 11.8 Å². The number of likely N-dealkylation sites (tertiary alicyclic amines) is 1. The fourth-order valence-corrected chi connectivity index (χ4v) is 3.27. The smallest absolute Gasteiger partial charge is 0.317 e. The van der Waals surface area contributed by atoms with E-state index in [0.29, 0.717) is 25.9 Å². The number of halogens is 2. The molecule has 0 spiro atoms. The SMILES string of the molecule is CCNC(=O)N1CCCC(Cc2ccc(F)cc2F)(C(=O)OCC)C1. The molecule has 2 rings (SSSR count). The van der Waals surface area contributed by atoms with Gasteiger partial charge in [0.1, 0.15) is 11.6 Å². The molecule has 0 radical (unpaired) electrons. The molecule has 1 aliphatic heterocycles. The lowest BCUT2D eigenvalue weighted by atomic mass is 9.75. The lowest BCUT2D eigenvalue weighted by Gasteiger charge is -2.41. The monoisotopic (exact) mass is 354 g/mol. The van der Waals surface area contributed by atoms with Crippen molar-refractivity contribution >= 4 is 12.0 Å². The van der Waals surface area contributed by atoms with Crippen LogP contribution < -0.4 is 5.32 Å². The molecule has 1 unspecified atom stereocenters. The number of benzene rings is 1. The zero-order valence-corrected chi connectivity index (χ0v) is 14.6. The van der Waals surface area contributed by atoms with Crippen LogP contribution in [0, 0.1) is 17.0 Å². The first-order valence-corrected chi connectivity index (χ1v) is 8.56. The van der Waals surface area contributed by atoms with Gasteiger partial charge in [-0.1, -0.05) is 6.07 Å². The van der Waals surface area contributed by atoms with Gasteiger partial charge in [0.15, 0.2) is 0 Å². The Labute approximate surface area is 146 Å². The van der Waals surface area contributed by atoms with Gasteiger partial charge < -0.3 is 15.0 Å². The van der Waals surface area contributed by atoms with Crippen LogP contribution in [0.2, 0.25) is 0 Å². The van der Waals surface area contributed by atoms with Crippen LogP contribution in [0.15, 0.2) is 18.2 Å². The summed E-state index contributed by atoms with van der Waals surface area (Å²) in [5.41, 5.74) is -0.787. The minimum absolute atomic E-state index is 0.0633. The van der Waals surface area contributed by atoms with Crippen molar-refractivity contribution in [1.29, 1.82) is 0 Å². The number of piperidine rings is 1. The summed E-state index contributed by atoms with van der Waals surface area (Å²) in [4.78, 5) is 26.4. The van der Waals surface area contributed by atoms with Crippen LogP contribution in [0.1, 0.15) is 32.3 Å². The Morgan fingerprint density at radius 2 is 2.08 bits per heavy atom. The lowest BCUT2D eigenvalue weighted by Crippen LogP contribution is -2.54. The molecule has 1 atom stereocenters. The third kappa shape index (κ3) is 4.46. The van der Waals surface area contributed by atoms with Crippen molar-refractivity contribution in [3.8, 4) is 0 Å². The Hall–Kier alpha value is -2.18. The number of amides is 2. The van der Waals surface area contributed by atoms with Gasteiger partial charge in [-0.15, -0.1) is 0 Å². The van der Waals surface area contributed by atoms with Crippen molar-refractivity contribution in [2.75, 3.05) is 26.2 Å². The average molecular weight is 354 g/mol. The number of urea groups is 1. The molecule has 138 valence electrons. The highest BCUT2D eigenvalue weighted by Crippen LogP contribution is 2.36. The predicted molar refractivity (Wildman–Crippen MR) is 89.0 cm³/mol. The molecule has 0 saturated carbocycles. The van der Waals surface area contributed by atoms with E-state index in [4.69, 9.17) is 4.74 Å². The van der Waals surface area contributed by atoms with Gasteiger partial charge in [-0.3, -0.25) is 4.79 Å². The highest BCUT2D eigenvalue weighted by atomic mass is 19.1. The van der Waals surface area contributed by atoms with E-state index < -0.39 is 23.0 Å². The zero-order chi connectivity index (χ0) is 18.4. The first-order valence-electron chi connectivity index (χ1n) is 8.56. The van der Waals surface area contributed by atoms with Crippen molar-refractivity contribution in [2.24, 2.45) is 5.41 Å². The molecular formula is C18H24F2N2O3. The molecule has 1 aromatic rings. The van der Waals surface area contributed by atoms with Crippen molar-refractivity contribution < 1.29 is 23.1 Å². The van der Waals surface area contributed by atoms with Gasteiger partial charge in [0.2, 0.25) is 0 Å². The Morgan fingerprint density at radius 1 is 1.32 bits per heavy atom. The fraction of sp³-hybridized carbons (Fsp3) is 0.556. The Kier molecular flexibility index (Phi) is 6.33. The fourth-order valence-electron chi connectivity index (χ4n) is 3.27. The van der Waals surface area contributed by atoms with Crippen LogP contribution in [0.5, 0.6) is 0 Å². The molecule has 1 heterocycles. The van der Waals surface area contributed by atoms with E-state index in [1.807, 2.05) is 6.92 Å². The van der Waals surface area contributed by atoms with Gasteiger partial charge in [-0.2, -0.15) is 0 Å². The molecule has 1 fully saturated rings. The molecule has 2 amide bonds. The third-order valence-electron chi connectivity index (χ3n) is 4.44. The normalized spacial score (nSPS) is 20.2. The maximum absolute atomic E-state index is 14.1. The van der Waals surface area contributed by atoms with E-state index in [-0.39, 0.29) is 31.2 Å². The summed E-state index contributed by atoms with van der Waals surface area (Å²) < 4.78 is 32.5. The van der Waals surface area contributed by atoms with Gasteiger partial charge in [0.25, 0.3) is 0 Å². The number of carbonyl (C=O) groups is 2. The number of ether oxygens (including phenoxy) is 1. The summed E-state index contributed by atoms with van der Waals surface area (Å²) in [5.74, 6) is -1.81. The number of hydrogen-bond acceptors (Lipinski definition) is 3. The number of rotatable bonds is 5. The Bertz CT molecular complexity index is 639. The summed E-state index contributed by atoms with van der Waals surface area (Å²) in [6.45, 7) is 4.87. The van der Waals surface area contributed by atoms with Crippen LogP contribution in [0.4, 0.5) is 13.6 Å². The van der Waals surface area contributed by atoms with Crippen molar-refractivity contribution in [2.45, 2.75) is 33.1 Å². The van der Waals surface area contributed by atoms with Crippen LogP contribution in [0.25, 0.3) is 0 Å². The summed E-state index contributed by atoms with van der Waals surface area (Å²) >= 11 is 0. The minimum atomic E-state index is -1.03. The number of esters is 1. The number of nitrogens with one attached hydrogen (secondary N) is 1. The van der Waals surface area contributed by atoms with Gasteiger partial charge >= 0.3 is 12.0 Å². The standard InChI is InChI=1S/C18H24F2N2O3/c1-3-21-17(24)22-9-5-8-18(12-22,16(23)25-4-2)11-13-6-7-14(19)10-15(13)20/h6-7,10H,3-5,8-9,11-12H2,1-2H3,(H,21,24). The molecule has 0 bridgehead atoms. The molecule has 5 nitrogen and oxygen atoms in total. The second kappa shape index (κ2) is 8.27. The Morgan fingerprint density at radius 3 is 2.72 bits per heavy atom. The molecule has 1 N–H and O–H groups in total. The minimum Gasteiger partial charge on any atom is -0.466 e. The highest BCUT2D eigenvalue weighted by Gasteiger charge is 2.45. The van der Waals surface area contributed by atoms with Crippen molar-refractivity contribution in [3.63, 3.8) is 0 Å². The molecule has 0 aromatic heterocycles. The van der Waals surface area contributed by atoms with E-state index in [0.717, 1.165) is 6.07 Å². The van der Waals surface area contributed by atoms with E-state index >= 15 is 0 Å². The second-order valence-corrected chi connectivity index (χ2v) is 6.27. The molecule has 1 aromatic carbocycles. The highest BCUT2D eigenvalue weighted by molar-refractivity contribution is 5.80. The van der Waals surface area contributed by atoms with Crippen LogP contribution in [-0.4, -0.2) is 43.1 Å². The predicted octanol–water partition coefficient (Wildman–Crippen LogP) is 2.88. The maximum Gasteiger partial charge on any atom is 0.317 e. The van der Waals surface area contributed by atoms with Crippen molar-refractivity contribution in [3.05, 3.63) is 35.4 Å². The van der Waals surface area contributed by atoms with E-state index in [9.17, 15) is 18.4 Å². The molecule has 1 saturated heterocycles. The Balaban J connectivity index is 2.30. The lowest BCUT2D eigenvalue weighted by molar-refractivity contribution is -0.158. The molecule has 7 heteroatoms. The topological polar surface area (TPSA) is 58.6 Å². The number of carbonyl (C=O) groups excluding carboxylic acids is 2. The maximum atomic E-state index is 14.1. The summed E-state index contributed by atoms with van der Waals surface area (Å²) in [7, 11) is 0. The summed E-state index contributed by atoms with van der Waals surface area (Å²) in [6.07, 6.45) is 1.16. The third-order valence-corrected chi connectivity index (χ3v) is 4.44. The first-order chi connectivity index (χ1) is 11.9. The summed E-state index contributed by atoms with van der Waals surface area (Å²) in [6, 6.07) is 3.06. The average Bonchev–Trinajstić information content (AvgIpc) is 2.58. The second-order valence-electron chi connectivity index (χ2n) is 6.27. The molecule has 1 aliphatic rings. The first kappa shape index (κ1) is 19.1. The van der Waals surface area contributed by atoms with Crippen LogP contribution in [-0.2, 0) is 16.0 Å². The molecule has 25 heavy (non-hydrogen) atoms. The number of hydrogen-bond donors (Lipinski definition) is 1. The zero-order valence-electron chi connectivity index (χ0n) is 14.6. The van der Waals surface area contributed by atoms with Gasteiger partial charge in [-0.25, -0.2) is 13.6 Å². The quantitative estimate of drug-likeness (QED) is 0.827.